The molecule has 0 nitrogen and oxygen atoms in total. The molecule has 0 amide bonds. The maximum atomic E-state index is 0. The standard InChI is InChI=1S/4Ca.H4Si.8H/h;;;;1H4;;;;;;;;. The Kier molecular flexibility index (Phi) is 145. The molecule has 0 saturated heterocycles. The first-order valence-corrected chi connectivity index (χ1v) is 0. The number of rotatable bonds is 0. The van der Waals surface area contributed by atoms with Gasteiger partial charge in [-0.2, -0.15) is 0 Å². The van der Waals surface area contributed by atoms with Gasteiger partial charge in [-0.3, -0.25) is 0 Å². The van der Waals surface area contributed by atoms with E-state index in [-0.39, 0.29) is 162 Å². The minimum Gasteiger partial charge on any atom is -0.0149 e. The minimum atomic E-state index is 0. The van der Waals surface area contributed by atoms with Crippen LogP contribution in [0.1, 0.15) is 0 Å². The maximum absolute atomic E-state index is 0. The third-order valence-electron chi connectivity index (χ3n) is 0. The van der Waals surface area contributed by atoms with Gasteiger partial charge in [-0.1, -0.05) is 0 Å². The van der Waals surface area contributed by atoms with Crippen molar-refractivity contribution in [1.82, 2.24) is 0 Å². The van der Waals surface area contributed by atoms with E-state index in [0.29, 0.717) is 0 Å². The second kappa shape index (κ2) is 22.8. The summed E-state index contributed by atoms with van der Waals surface area (Å²) in [5, 5.41) is 0. The molecular weight excluding hydrogens is 188 g/mol. The van der Waals surface area contributed by atoms with Gasteiger partial charge in [0.25, 0.3) is 0 Å². The Morgan fingerprint density at radius 3 is 0.400 bits per heavy atom. The molecule has 0 atom stereocenters. The fraction of sp³-hybridized carbons (Fsp3) is 0. The van der Waals surface area contributed by atoms with E-state index in [2.05, 4.69) is 0 Å². The van der Waals surface area contributed by atoms with E-state index in [1.807, 2.05) is 0 Å². The first kappa shape index (κ1) is 31.8. The zero-order valence-electron chi connectivity index (χ0n) is 0. The van der Waals surface area contributed by atoms with Crippen LogP contribution in [0.3, 0.4) is 0 Å². The molecular formula is H12Ca4Si. The summed E-state index contributed by atoms with van der Waals surface area (Å²) in [6.45, 7) is 0. The van der Waals surface area contributed by atoms with Gasteiger partial charge in [0.2, 0.25) is 0 Å². The summed E-state index contributed by atoms with van der Waals surface area (Å²) in [4.78, 5) is 0. The fourth-order valence-corrected chi connectivity index (χ4v) is 0. The van der Waals surface area contributed by atoms with E-state index in [9.17, 15) is 0 Å². The molecule has 5 heteroatoms. The van der Waals surface area contributed by atoms with Crippen molar-refractivity contribution in [3.05, 3.63) is 0 Å². The van der Waals surface area contributed by atoms with Gasteiger partial charge in [0.1, 0.15) is 0 Å². The van der Waals surface area contributed by atoms with Crippen LogP contribution in [0.5, 0.6) is 0 Å². The number of hydrogen-bond donors (Lipinski definition) is 0. The monoisotopic (exact) mass is 200 g/mol. The summed E-state index contributed by atoms with van der Waals surface area (Å²) in [5.74, 6) is 0. The average molecular weight is 200 g/mol. The first-order valence-electron chi connectivity index (χ1n) is 0. The van der Waals surface area contributed by atoms with Gasteiger partial charge in [0.15, 0.2) is 0 Å². The Morgan fingerprint density at radius 2 is 0.400 bits per heavy atom. The molecule has 0 aliphatic heterocycles. The van der Waals surface area contributed by atoms with Crippen LogP contribution in [0.4, 0.5) is 0 Å². The second-order valence-electron chi connectivity index (χ2n) is 0. The van der Waals surface area contributed by atoms with Gasteiger partial charge in [0.05, 0.1) is 0 Å². The Balaban J connectivity index is 0. The van der Waals surface area contributed by atoms with E-state index in [1.54, 1.807) is 0 Å². The Bertz CT molecular complexity index is 3.61. The van der Waals surface area contributed by atoms with Crippen LogP contribution in [-0.4, -0.2) is 162 Å². The van der Waals surface area contributed by atoms with E-state index >= 15 is 0 Å². The van der Waals surface area contributed by atoms with Crippen LogP contribution in [0.2, 0.25) is 0 Å². The summed E-state index contributed by atoms with van der Waals surface area (Å²) in [6, 6.07) is 0. The van der Waals surface area contributed by atoms with E-state index in [1.165, 1.54) is 0 Å². The molecule has 0 bridgehead atoms. The third kappa shape index (κ3) is 17.6. The summed E-state index contributed by atoms with van der Waals surface area (Å²) >= 11 is 0. The quantitative estimate of drug-likeness (QED) is 0.343. The fourth-order valence-electron chi connectivity index (χ4n) is 0. The van der Waals surface area contributed by atoms with Crippen LogP contribution < -0.4 is 0 Å². The predicted octanol–water partition coefficient (Wildman–Crippen LogP) is -5.12. The summed E-state index contributed by atoms with van der Waals surface area (Å²) in [7, 11) is 0. The van der Waals surface area contributed by atoms with Gasteiger partial charge in [0, 0.05) is 0 Å². The third-order valence-corrected chi connectivity index (χ3v) is 0. The van der Waals surface area contributed by atoms with Gasteiger partial charge in [-0.05, 0) is 11.0 Å². The van der Waals surface area contributed by atoms with Crippen LogP contribution in [-0.2, 0) is 0 Å². The van der Waals surface area contributed by atoms with Crippen LogP contribution in [0, 0.1) is 0 Å². The largest absolute Gasteiger partial charge is 0.0149 e. The Morgan fingerprint density at radius 1 is 0.400 bits per heavy atom. The molecule has 0 N–H and O–H groups in total. The summed E-state index contributed by atoms with van der Waals surface area (Å²) in [5.41, 5.74) is 0. The van der Waals surface area contributed by atoms with E-state index in [0.717, 1.165) is 0 Å². The topological polar surface area (TPSA) is 0 Å². The van der Waals surface area contributed by atoms with E-state index in [4.69, 9.17) is 0 Å². The molecule has 0 unspecified atom stereocenters. The number of hydrogen-bond acceptors (Lipinski definition) is 0. The normalized spacial score (nSPS) is 0. The zero-order chi connectivity index (χ0) is 0. The van der Waals surface area contributed by atoms with Gasteiger partial charge in [-0.15, -0.1) is 0 Å². The summed E-state index contributed by atoms with van der Waals surface area (Å²) in [6.07, 6.45) is 0. The molecule has 0 aromatic heterocycles. The van der Waals surface area contributed by atoms with Crippen molar-refractivity contribution >= 4 is 162 Å². The molecule has 0 fully saturated rings. The van der Waals surface area contributed by atoms with Gasteiger partial charge < -0.3 is 0 Å². The Hall–Kier alpha value is 5.26. The molecule has 0 spiro atoms. The van der Waals surface area contributed by atoms with Crippen molar-refractivity contribution in [2.75, 3.05) is 0 Å². The Labute approximate surface area is 157 Å². The molecule has 0 radical (unpaired) electrons. The van der Waals surface area contributed by atoms with Gasteiger partial charge in [-0.25, -0.2) is 0 Å². The van der Waals surface area contributed by atoms with Crippen molar-refractivity contribution in [1.29, 1.82) is 0 Å². The molecule has 0 aromatic rings. The van der Waals surface area contributed by atoms with Crippen molar-refractivity contribution in [2.24, 2.45) is 0 Å². The van der Waals surface area contributed by atoms with Crippen molar-refractivity contribution in [2.45, 2.75) is 0 Å². The van der Waals surface area contributed by atoms with Crippen LogP contribution in [0.25, 0.3) is 0 Å². The average Bonchev–Trinajstić information content (AvgIpc) is 0. The predicted molar refractivity (Wildman–Crippen MR) is 45.5 cm³/mol. The zero-order valence-corrected chi connectivity index (χ0v) is 0. The summed E-state index contributed by atoms with van der Waals surface area (Å²) < 4.78 is 0. The van der Waals surface area contributed by atoms with Crippen molar-refractivity contribution in [3.8, 4) is 0 Å². The smallest absolute Gasteiger partial charge is 0.0149 e. The van der Waals surface area contributed by atoms with Crippen LogP contribution >= 0.6 is 0 Å². The first-order chi connectivity index (χ1) is 0. The molecule has 5 heavy (non-hydrogen) atoms. The molecule has 0 aliphatic rings. The second-order valence-corrected chi connectivity index (χ2v) is 0. The molecule has 0 aliphatic carbocycles. The molecule has 0 saturated carbocycles. The van der Waals surface area contributed by atoms with Crippen LogP contribution in [0.15, 0.2) is 0 Å². The molecule has 0 aromatic carbocycles. The van der Waals surface area contributed by atoms with Gasteiger partial charge >= 0.3 is 151 Å². The van der Waals surface area contributed by atoms with Crippen molar-refractivity contribution < 1.29 is 0 Å². The molecule has 0 rings (SSSR count). The SMILES string of the molecule is [CaH2].[CaH2].[CaH2].[CaH2].[SiH4]. The minimum absolute atomic E-state index is 0. The maximum Gasteiger partial charge on any atom is -0.0149 e. The van der Waals surface area contributed by atoms with Crippen molar-refractivity contribution in [3.63, 3.8) is 0 Å². The van der Waals surface area contributed by atoms with E-state index < -0.39 is 0 Å². The molecule has 0 heterocycles. The molecule has 24 valence electrons.